The standard InChI is InChI=1S/C12H8FN3O2/c13-8-1-2-9-7(3-5-14-9)11(8)16-6-4-10(17)15-12(16)18/h1-6,14H,(H,15,17,18). The molecule has 0 saturated heterocycles. The van der Waals surface area contributed by atoms with Crippen LogP contribution in [0.1, 0.15) is 0 Å². The van der Waals surface area contributed by atoms with E-state index in [-0.39, 0.29) is 5.69 Å². The van der Waals surface area contributed by atoms with E-state index < -0.39 is 17.1 Å². The lowest BCUT2D eigenvalue weighted by Gasteiger charge is -2.07. The first-order valence-electron chi connectivity index (χ1n) is 5.25. The summed E-state index contributed by atoms with van der Waals surface area (Å²) in [6.07, 6.45) is 2.91. The Hall–Kier alpha value is -2.63. The Morgan fingerprint density at radius 1 is 1.11 bits per heavy atom. The number of hydrogen-bond donors (Lipinski definition) is 2. The van der Waals surface area contributed by atoms with Crippen LogP contribution in [0.5, 0.6) is 0 Å². The molecule has 0 fully saturated rings. The van der Waals surface area contributed by atoms with Crippen LogP contribution in [0, 0.1) is 5.82 Å². The Balaban J connectivity index is 2.44. The Bertz CT molecular complexity index is 844. The van der Waals surface area contributed by atoms with Crippen molar-refractivity contribution in [2.75, 3.05) is 0 Å². The van der Waals surface area contributed by atoms with E-state index in [0.29, 0.717) is 10.9 Å². The molecule has 1 aromatic carbocycles. The van der Waals surface area contributed by atoms with E-state index in [4.69, 9.17) is 0 Å². The minimum absolute atomic E-state index is 0.120. The van der Waals surface area contributed by atoms with Crippen LogP contribution in [0.25, 0.3) is 16.6 Å². The normalized spacial score (nSPS) is 10.9. The summed E-state index contributed by atoms with van der Waals surface area (Å²) in [7, 11) is 0. The number of aromatic amines is 2. The molecule has 90 valence electrons. The van der Waals surface area contributed by atoms with Gasteiger partial charge < -0.3 is 4.98 Å². The number of halogens is 1. The number of aromatic nitrogens is 3. The molecule has 3 rings (SSSR count). The molecule has 0 atom stereocenters. The number of H-pyrrole nitrogens is 2. The molecule has 0 bridgehead atoms. The lowest BCUT2D eigenvalue weighted by molar-refractivity contribution is 0.617. The summed E-state index contributed by atoms with van der Waals surface area (Å²) in [5, 5.41) is 0.573. The van der Waals surface area contributed by atoms with Crippen LogP contribution in [0.4, 0.5) is 4.39 Å². The minimum Gasteiger partial charge on any atom is -0.361 e. The molecule has 6 heteroatoms. The third-order valence-electron chi connectivity index (χ3n) is 2.72. The highest BCUT2D eigenvalue weighted by atomic mass is 19.1. The van der Waals surface area contributed by atoms with Gasteiger partial charge in [0.25, 0.3) is 5.56 Å². The van der Waals surface area contributed by atoms with Gasteiger partial charge in [0, 0.05) is 29.4 Å². The molecule has 2 aromatic heterocycles. The molecule has 5 nitrogen and oxygen atoms in total. The number of fused-ring (bicyclic) bond motifs is 1. The van der Waals surface area contributed by atoms with Gasteiger partial charge in [-0.25, -0.2) is 9.18 Å². The number of nitrogens with zero attached hydrogens (tertiary/aromatic N) is 1. The van der Waals surface area contributed by atoms with Crippen molar-refractivity contribution < 1.29 is 4.39 Å². The SMILES string of the molecule is O=c1ccn(-c2c(F)ccc3[nH]ccc23)c(=O)[nH]1. The molecule has 0 amide bonds. The minimum atomic E-state index is -0.671. The van der Waals surface area contributed by atoms with Gasteiger partial charge in [0.15, 0.2) is 0 Å². The third-order valence-corrected chi connectivity index (χ3v) is 2.72. The van der Waals surface area contributed by atoms with Gasteiger partial charge in [0.2, 0.25) is 0 Å². The van der Waals surface area contributed by atoms with E-state index in [1.54, 1.807) is 18.3 Å². The number of hydrogen-bond acceptors (Lipinski definition) is 2. The van der Waals surface area contributed by atoms with Crippen molar-refractivity contribution in [3.63, 3.8) is 0 Å². The first-order valence-corrected chi connectivity index (χ1v) is 5.25. The molecular formula is C12H8FN3O2. The van der Waals surface area contributed by atoms with Gasteiger partial charge in [-0.15, -0.1) is 0 Å². The fraction of sp³-hybridized carbons (Fsp3) is 0. The van der Waals surface area contributed by atoms with Crippen molar-refractivity contribution in [3.05, 3.63) is 63.3 Å². The van der Waals surface area contributed by atoms with Gasteiger partial charge >= 0.3 is 5.69 Å². The highest BCUT2D eigenvalue weighted by molar-refractivity contribution is 5.88. The zero-order valence-corrected chi connectivity index (χ0v) is 9.11. The van der Waals surface area contributed by atoms with Crippen LogP contribution in [0.3, 0.4) is 0 Å². The Labute approximate surface area is 99.5 Å². The largest absolute Gasteiger partial charge is 0.361 e. The second kappa shape index (κ2) is 3.69. The van der Waals surface area contributed by atoms with Crippen molar-refractivity contribution in [2.45, 2.75) is 0 Å². The van der Waals surface area contributed by atoms with Gasteiger partial charge in [-0.3, -0.25) is 14.3 Å². The molecule has 0 aliphatic carbocycles. The van der Waals surface area contributed by atoms with Gasteiger partial charge in [-0.1, -0.05) is 0 Å². The fourth-order valence-corrected chi connectivity index (χ4v) is 1.93. The summed E-state index contributed by atoms with van der Waals surface area (Å²) in [6.45, 7) is 0. The molecule has 0 saturated carbocycles. The van der Waals surface area contributed by atoms with E-state index in [1.165, 1.54) is 18.3 Å². The maximum absolute atomic E-state index is 13.9. The molecule has 2 heterocycles. The number of rotatable bonds is 1. The summed E-state index contributed by atoms with van der Waals surface area (Å²) in [5.74, 6) is -0.531. The quantitative estimate of drug-likeness (QED) is 0.675. The van der Waals surface area contributed by atoms with E-state index in [0.717, 1.165) is 4.57 Å². The maximum Gasteiger partial charge on any atom is 0.333 e. The average molecular weight is 245 g/mol. The van der Waals surface area contributed by atoms with Crippen molar-refractivity contribution in [3.8, 4) is 5.69 Å². The maximum atomic E-state index is 13.9. The lowest BCUT2D eigenvalue weighted by atomic mass is 10.2. The summed E-state index contributed by atoms with van der Waals surface area (Å²) in [6, 6.07) is 5.70. The second-order valence-electron chi connectivity index (χ2n) is 3.82. The van der Waals surface area contributed by atoms with Crippen molar-refractivity contribution in [2.24, 2.45) is 0 Å². The summed E-state index contributed by atoms with van der Waals surface area (Å²) >= 11 is 0. The van der Waals surface area contributed by atoms with Gasteiger partial charge in [0.05, 0.1) is 5.69 Å². The van der Waals surface area contributed by atoms with Crippen molar-refractivity contribution in [1.82, 2.24) is 14.5 Å². The smallest absolute Gasteiger partial charge is 0.333 e. The predicted molar refractivity (Wildman–Crippen MR) is 64.5 cm³/mol. The van der Waals surface area contributed by atoms with Crippen LogP contribution in [0.2, 0.25) is 0 Å². The highest BCUT2D eigenvalue weighted by Gasteiger charge is 2.11. The zero-order chi connectivity index (χ0) is 12.7. The molecule has 2 N–H and O–H groups in total. The second-order valence-corrected chi connectivity index (χ2v) is 3.82. The van der Waals surface area contributed by atoms with Crippen LogP contribution in [-0.2, 0) is 0 Å². The van der Waals surface area contributed by atoms with Crippen LogP contribution in [0.15, 0.2) is 46.2 Å². The Morgan fingerprint density at radius 3 is 2.72 bits per heavy atom. The topological polar surface area (TPSA) is 70.7 Å². The van der Waals surface area contributed by atoms with Crippen molar-refractivity contribution >= 4 is 10.9 Å². The zero-order valence-electron chi connectivity index (χ0n) is 9.11. The Morgan fingerprint density at radius 2 is 1.94 bits per heavy atom. The molecule has 0 radical (unpaired) electrons. The summed E-state index contributed by atoms with van der Waals surface area (Å²) < 4.78 is 15.0. The molecule has 0 aliphatic heterocycles. The summed E-state index contributed by atoms with van der Waals surface area (Å²) in [4.78, 5) is 27.7. The van der Waals surface area contributed by atoms with Crippen LogP contribution >= 0.6 is 0 Å². The molecule has 18 heavy (non-hydrogen) atoms. The summed E-state index contributed by atoms with van der Waals surface area (Å²) in [5.41, 5.74) is -0.354. The predicted octanol–water partition coefficient (Wildman–Crippen LogP) is 1.15. The Kier molecular flexibility index (Phi) is 2.16. The highest BCUT2D eigenvalue weighted by Crippen LogP contribution is 2.23. The van der Waals surface area contributed by atoms with E-state index >= 15 is 0 Å². The van der Waals surface area contributed by atoms with E-state index in [2.05, 4.69) is 9.97 Å². The van der Waals surface area contributed by atoms with Gasteiger partial charge in [-0.2, -0.15) is 0 Å². The molecule has 0 spiro atoms. The van der Waals surface area contributed by atoms with Crippen LogP contribution < -0.4 is 11.2 Å². The van der Waals surface area contributed by atoms with E-state index in [1.807, 2.05) is 0 Å². The lowest BCUT2D eigenvalue weighted by Crippen LogP contribution is -2.28. The van der Waals surface area contributed by atoms with Crippen LogP contribution in [-0.4, -0.2) is 14.5 Å². The number of nitrogens with one attached hydrogen (secondary N) is 2. The van der Waals surface area contributed by atoms with Gasteiger partial charge in [-0.05, 0) is 18.2 Å². The fourth-order valence-electron chi connectivity index (χ4n) is 1.93. The van der Waals surface area contributed by atoms with E-state index in [9.17, 15) is 14.0 Å². The van der Waals surface area contributed by atoms with Gasteiger partial charge in [0.1, 0.15) is 5.82 Å². The monoisotopic (exact) mass is 245 g/mol. The first kappa shape index (κ1) is 10.5. The third kappa shape index (κ3) is 1.46. The molecule has 0 aliphatic rings. The first-order chi connectivity index (χ1) is 8.66. The van der Waals surface area contributed by atoms with Crippen molar-refractivity contribution in [1.29, 1.82) is 0 Å². The molecular weight excluding hydrogens is 237 g/mol. The molecule has 0 unspecified atom stereocenters. The number of benzene rings is 1. The molecule has 3 aromatic rings. The average Bonchev–Trinajstić information content (AvgIpc) is 2.79.